The first-order chi connectivity index (χ1) is 8.52. The van der Waals surface area contributed by atoms with Gasteiger partial charge in [-0.15, -0.1) is 0 Å². The standard InChI is InChI=1S/C11H15NO5S/c1-7(13)15-10-5-9(3-4-12-6-18)17-11(10)16-8(2)14/h9-11H,3-5H2,1-2H3/t9-,10-,11+/m1/s1. The van der Waals surface area contributed by atoms with Gasteiger partial charge in [0.2, 0.25) is 6.29 Å². The first kappa shape index (κ1) is 14.8. The van der Waals surface area contributed by atoms with Crippen molar-refractivity contribution >= 4 is 29.3 Å². The Labute approximate surface area is 110 Å². The summed E-state index contributed by atoms with van der Waals surface area (Å²) in [7, 11) is 0. The summed E-state index contributed by atoms with van der Waals surface area (Å²) in [5.74, 6) is -0.909. The van der Waals surface area contributed by atoms with Crippen molar-refractivity contribution in [2.24, 2.45) is 4.99 Å². The van der Waals surface area contributed by atoms with Gasteiger partial charge in [-0.3, -0.25) is 9.59 Å². The van der Waals surface area contributed by atoms with Crippen LogP contribution in [0, 0.1) is 0 Å². The molecule has 0 aromatic carbocycles. The normalized spacial score (nSPS) is 26.2. The fourth-order valence-corrected chi connectivity index (χ4v) is 1.82. The molecular weight excluding hydrogens is 258 g/mol. The molecule has 0 N–H and O–H groups in total. The molecule has 1 aliphatic rings. The maximum atomic E-state index is 10.9. The Morgan fingerprint density at radius 2 is 2.06 bits per heavy atom. The topological polar surface area (TPSA) is 74.2 Å². The van der Waals surface area contributed by atoms with Crippen LogP contribution in [0.2, 0.25) is 0 Å². The van der Waals surface area contributed by atoms with Gasteiger partial charge in [0.15, 0.2) is 6.10 Å². The van der Waals surface area contributed by atoms with E-state index in [1.807, 2.05) is 0 Å². The fourth-order valence-electron chi connectivity index (χ4n) is 1.73. The van der Waals surface area contributed by atoms with Gasteiger partial charge in [-0.1, -0.05) is 0 Å². The minimum Gasteiger partial charge on any atom is -0.456 e. The van der Waals surface area contributed by atoms with Gasteiger partial charge in [-0.2, -0.15) is 0 Å². The van der Waals surface area contributed by atoms with Crippen LogP contribution in [0.1, 0.15) is 26.7 Å². The van der Waals surface area contributed by atoms with Crippen LogP contribution in [-0.2, 0) is 23.8 Å². The van der Waals surface area contributed by atoms with E-state index in [4.69, 9.17) is 14.2 Å². The summed E-state index contributed by atoms with van der Waals surface area (Å²) in [5.41, 5.74) is 0. The Balaban J connectivity index is 2.54. The quantitative estimate of drug-likeness (QED) is 0.424. The molecule has 7 heteroatoms. The Bertz CT molecular complexity index is 342. The highest BCUT2D eigenvalue weighted by Crippen LogP contribution is 2.26. The van der Waals surface area contributed by atoms with Crippen LogP contribution in [0.3, 0.4) is 0 Å². The van der Waals surface area contributed by atoms with Crippen molar-refractivity contribution in [3.05, 3.63) is 0 Å². The third-order valence-electron chi connectivity index (χ3n) is 2.35. The fraction of sp³-hybridized carbons (Fsp3) is 0.727. The van der Waals surface area contributed by atoms with Crippen molar-refractivity contribution in [1.82, 2.24) is 0 Å². The summed E-state index contributed by atoms with van der Waals surface area (Å²) in [5, 5.41) is 2.26. The van der Waals surface area contributed by atoms with Crippen LogP contribution in [0.4, 0.5) is 0 Å². The predicted octanol–water partition coefficient (Wildman–Crippen LogP) is 1.09. The summed E-state index contributed by atoms with van der Waals surface area (Å²) in [6, 6.07) is 0. The molecular formula is C11H15NO5S. The molecule has 0 bridgehead atoms. The molecule has 0 radical (unpaired) electrons. The average Bonchev–Trinajstić information content (AvgIpc) is 2.59. The molecule has 6 nitrogen and oxygen atoms in total. The van der Waals surface area contributed by atoms with E-state index < -0.39 is 24.3 Å². The molecule has 0 unspecified atom stereocenters. The molecule has 0 aromatic rings. The molecule has 0 saturated carbocycles. The molecule has 1 heterocycles. The molecule has 0 spiro atoms. The second-order valence-corrected chi connectivity index (χ2v) is 4.06. The number of hydrogen-bond donors (Lipinski definition) is 0. The summed E-state index contributed by atoms with van der Waals surface area (Å²) < 4.78 is 15.5. The van der Waals surface area contributed by atoms with E-state index in [1.165, 1.54) is 13.8 Å². The van der Waals surface area contributed by atoms with Gasteiger partial charge in [0, 0.05) is 20.3 Å². The summed E-state index contributed by atoms with van der Waals surface area (Å²) in [6.45, 7) is 3.06. The summed E-state index contributed by atoms with van der Waals surface area (Å²) in [6.07, 6.45) is -0.490. The van der Waals surface area contributed by atoms with Gasteiger partial charge >= 0.3 is 11.9 Å². The first-order valence-corrected chi connectivity index (χ1v) is 5.97. The summed E-state index contributed by atoms with van der Waals surface area (Å²) >= 11 is 4.46. The zero-order chi connectivity index (χ0) is 13.5. The Hall–Kier alpha value is -1.30. The highest BCUT2D eigenvalue weighted by molar-refractivity contribution is 7.78. The van der Waals surface area contributed by atoms with E-state index in [-0.39, 0.29) is 6.10 Å². The SMILES string of the molecule is CC(=O)O[C@H]1O[C@H](CCN=C=S)C[C@H]1OC(C)=O. The van der Waals surface area contributed by atoms with Crippen molar-refractivity contribution in [3.8, 4) is 0 Å². The van der Waals surface area contributed by atoms with E-state index in [9.17, 15) is 9.59 Å². The molecule has 1 fully saturated rings. The van der Waals surface area contributed by atoms with Gasteiger partial charge in [0.25, 0.3) is 0 Å². The highest BCUT2D eigenvalue weighted by atomic mass is 32.1. The lowest BCUT2D eigenvalue weighted by Crippen LogP contribution is -2.30. The van der Waals surface area contributed by atoms with Crippen molar-refractivity contribution < 1.29 is 23.8 Å². The van der Waals surface area contributed by atoms with Crippen molar-refractivity contribution in [1.29, 1.82) is 0 Å². The number of hydrogen-bond acceptors (Lipinski definition) is 7. The number of nitrogens with zero attached hydrogens (tertiary/aromatic N) is 1. The maximum Gasteiger partial charge on any atom is 0.305 e. The Morgan fingerprint density at radius 3 is 2.61 bits per heavy atom. The third kappa shape index (κ3) is 4.91. The number of thiocarbonyl (C=S) groups is 1. The number of esters is 2. The molecule has 18 heavy (non-hydrogen) atoms. The van der Waals surface area contributed by atoms with Crippen molar-refractivity contribution in [2.45, 2.75) is 45.2 Å². The number of carbonyl (C=O) groups excluding carboxylic acids is 2. The first-order valence-electron chi connectivity index (χ1n) is 5.56. The van der Waals surface area contributed by atoms with Gasteiger partial charge in [0.1, 0.15) is 0 Å². The number of ether oxygens (including phenoxy) is 3. The molecule has 1 aliphatic heterocycles. The highest BCUT2D eigenvalue weighted by Gasteiger charge is 2.39. The zero-order valence-electron chi connectivity index (χ0n) is 10.3. The van der Waals surface area contributed by atoms with E-state index in [0.29, 0.717) is 19.4 Å². The van der Waals surface area contributed by atoms with Crippen LogP contribution in [-0.4, -0.2) is 42.1 Å². The number of carbonyl (C=O) groups is 2. The monoisotopic (exact) mass is 273 g/mol. The molecule has 1 saturated heterocycles. The molecule has 100 valence electrons. The molecule has 0 aromatic heterocycles. The molecule has 0 amide bonds. The summed E-state index contributed by atoms with van der Waals surface area (Å²) in [4.78, 5) is 25.6. The van der Waals surface area contributed by atoms with E-state index >= 15 is 0 Å². The Morgan fingerprint density at radius 1 is 1.39 bits per heavy atom. The Kier molecular flexibility index (Phi) is 5.91. The number of isothiocyanates is 1. The molecule has 3 atom stereocenters. The van der Waals surface area contributed by atoms with Gasteiger partial charge in [-0.05, 0) is 18.6 Å². The lowest BCUT2D eigenvalue weighted by atomic mass is 10.1. The van der Waals surface area contributed by atoms with Crippen LogP contribution in [0.25, 0.3) is 0 Å². The molecule has 1 rings (SSSR count). The second-order valence-electron chi connectivity index (χ2n) is 3.88. The third-order valence-corrected chi connectivity index (χ3v) is 2.48. The second kappa shape index (κ2) is 7.20. The number of aliphatic imine (C=N–C) groups is 1. The number of rotatable bonds is 5. The van der Waals surface area contributed by atoms with Crippen molar-refractivity contribution in [2.75, 3.05) is 6.54 Å². The van der Waals surface area contributed by atoms with Gasteiger partial charge in [0.05, 0.1) is 17.8 Å². The predicted molar refractivity (Wildman–Crippen MR) is 65.1 cm³/mol. The lowest BCUT2D eigenvalue weighted by molar-refractivity contribution is -0.194. The zero-order valence-corrected chi connectivity index (χ0v) is 11.1. The van der Waals surface area contributed by atoms with Crippen LogP contribution >= 0.6 is 12.2 Å². The van der Waals surface area contributed by atoms with Gasteiger partial charge < -0.3 is 14.2 Å². The molecule has 0 aliphatic carbocycles. The van der Waals surface area contributed by atoms with E-state index in [2.05, 4.69) is 22.4 Å². The van der Waals surface area contributed by atoms with Crippen molar-refractivity contribution in [3.63, 3.8) is 0 Å². The minimum atomic E-state index is -0.840. The minimum absolute atomic E-state index is 0.175. The smallest absolute Gasteiger partial charge is 0.305 e. The van der Waals surface area contributed by atoms with Gasteiger partial charge in [-0.25, -0.2) is 4.99 Å². The lowest BCUT2D eigenvalue weighted by Gasteiger charge is -2.17. The van der Waals surface area contributed by atoms with Crippen LogP contribution in [0.5, 0.6) is 0 Å². The largest absolute Gasteiger partial charge is 0.456 e. The van der Waals surface area contributed by atoms with Crippen LogP contribution < -0.4 is 0 Å². The maximum absolute atomic E-state index is 10.9. The average molecular weight is 273 g/mol. The van der Waals surface area contributed by atoms with E-state index in [0.717, 1.165) is 0 Å². The van der Waals surface area contributed by atoms with E-state index in [1.54, 1.807) is 0 Å². The van der Waals surface area contributed by atoms with Crippen LogP contribution in [0.15, 0.2) is 4.99 Å².